The minimum atomic E-state index is -4.80. The SMILES string of the molecule is COC[C@H]1C[C@H](C(=O)Nc2ccc(OC(F)(F)F)cc2)CCN1S(=O)(=O)c1ccc(C)cc1. The van der Waals surface area contributed by atoms with Gasteiger partial charge in [0.25, 0.3) is 0 Å². The van der Waals surface area contributed by atoms with Crippen LogP contribution in [0, 0.1) is 12.8 Å². The van der Waals surface area contributed by atoms with Crippen LogP contribution >= 0.6 is 0 Å². The maximum atomic E-state index is 13.2. The number of benzene rings is 2. The first-order valence-corrected chi connectivity index (χ1v) is 11.7. The number of alkyl halides is 3. The van der Waals surface area contributed by atoms with Crippen LogP contribution in [0.1, 0.15) is 18.4 Å². The van der Waals surface area contributed by atoms with Gasteiger partial charge in [0.2, 0.25) is 15.9 Å². The Morgan fingerprint density at radius 1 is 1.12 bits per heavy atom. The van der Waals surface area contributed by atoms with Crippen molar-refractivity contribution in [1.82, 2.24) is 4.31 Å². The highest BCUT2D eigenvalue weighted by Crippen LogP contribution is 2.30. The van der Waals surface area contributed by atoms with Gasteiger partial charge < -0.3 is 14.8 Å². The Labute approximate surface area is 190 Å². The topological polar surface area (TPSA) is 84.9 Å². The van der Waals surface area contributed by atoms with Gasteiger partial charge in [0, 0.05) is 31.3 Å². The van der Waals surface area contributed by atoms with E-state index in [-0.39, 0.29) is 30.4 Å². The number of hydrogen-bond donors (Lipinski definition) is 1. The molecule has 0 spiro atoms. The fourth-order valence-electron chi connectivity index (χ4n) is 3.76. The summed E-state index contributed by atoms with van der Waals surface area (Å²) in [5.41, 5.74) is 1.25. The van der Waals surface area contributed by atoms with Crippen LogP contribution in [0.3, 0.4) is 0 Å². The number of carbonyl (C=O) groups is 1. The van der Waals surface area contributed by atoms with Gasteiger partial charge in [0.15, 0.2) is 0 Å². The van der Waals surface area contributed by atoms with E-state index in [4.69, 9.17) is 4.74 Å². The van der Waals surface area contributed by atoms with Crippen molar-refractivity contribution in [3.63, 3.8) is 0 Å². The third-order valence-electron chi connectivity index (χ3n) is 5.37. The standard InChI is InChI=1S/C22H25F3N2O5S/c1-15-3-9-20(10-4-15)33(29,30)27-12-11-16(13-18(27)14-31-2)21(28)26-17-5-7-19(8-6-17)32-22(23,24)25/h3-10,16,18H,11-14H2,1-2H3,(H,26,28)/t16-,18-/m1/s1. The maximum Gasteiger partial charge on any atom is 0.573 e. The van der Waals surface area contributed by atoms with E-state index in [1.165, 1.54) is 23.5 Å². The highest BCUT2D eigenvalue weighted by Gasteiger charge is 2.39. The van der Waals surface area contributed by atoms with Gasteiger partial charge in [-0.25, -0.2) is 8.42 Å². The van der Waals surface area contributed by atoms with Crippen molar-refractivity contribution in [2.24, 2.45) is 5.92 Å². The van der Waals surface area contributed by atoms with Gasteiger partial charge in [-0.2, -0.15) is 4.31 Å². The summed E-state index contributed by atoms with van der Waals surface area (Å²) in [7, 11) is -2.30. The number of sulfonamides is 1. The van der Waals surface area contributed by atoms with Crippen LogP contribution < -0.4 is 10.1 Å². The lowest BCUT2D eigenvalue weighted by atomic mass is 9.92. The Bertz CT molecular complexity index is 1060. The normalized spacial score (nSPS) is 19.8. The van der Waals surface area contributed by atoms with Gasteiger partial charge in [-0.3, -0.25) is 4.79 Å². The van der Waals surface area contributed by atoms with E-state index < -0.39 is 34.1 Å². The zero-order valence-corrected chi connectivity index (χ0v) is 18.9. The molecule has 0 saturated carbocycles. The fraction of sp³-hybridized carbons (Fsp3) is 0.409. The molecule has 3 rings (SSSR count). The summed E-state index contributed by atoms with van der Waals surface area (Å²) in [6, 6.07) is 10.9. The number of methoxy groups -OCH3 is 1. The Hall–Kier alpha value is -2.63. The summed E-state index contributed by atoms with van der Waals surface area (Å²) in [4.78, 5) is 12.9. The monoisotopic (exact) mass is 486 g/mol. The third kappa shape index (κ3) is 6.46. The Kier molecular flexibility index (Phi) is 7.65. The van der Waals surface area contributed by atoms with E-state index in [1.807, 2.05) is 6.92 Å². The summed E-state index contributed by atoms with van der Waals surface area (Å²) >= 11 is 0. The average molecular weight is 487 g/mol. The number of carbonyl (C=O) groups excluding carboxylic acids is 1. The van der Waals surface area contributed by atoms with Crippen molar-refractivity contribution >= 4 is 21.6 Å². The molecule has 1 amide bonds. The molecular formula is C22H25F3N2O5S. The fourth-order valence-corrected chi connectivity index (χ4v) is 5.39. The molecular weight excluding hydrogens is 461 g/mol. The van der Waals surface area contributed by atoms with Crippen LogP contribution in [0.5, 0.6) is 5.75 Å². The lowest BCUT2D eigenvalue weighted by molar-refractivity contribution is -0.274. The molecule has 180 valence electrons. The number of ether oxygens (including phenoxy) is 2. The van der Waals surface area contributed by atoms with E-state index in [2.05, 4.69) is 10.1 Å². The smallest absolute Gasteiger partial charge is 0.406 e. The molecule has 1 fully saturated rings. The van der Waals surface area contributed by atoms with Gasteiger partial charge in [0.05, 0.1) is 11.5 Å². The Balaban J connectivity index is 1.68. The zero-order valence-electron chi connectivity index (χ0n) is 18.1. The molecule has 33 heavy (non-hydrogen) atoms. The predicted molar refractivity (Wildman–Crippen MR) is 115 cm³/mol. The van der Waals surface area contributed by atoms with Crippen LogP contribution in [0.15, 0.2) is 53.4 Å². The Morgan fingerprint density at radius 3 is 2.33 bits per heavy atom. The first-order valence-electron chi connectivity index (χ1n) is 10.2. The average Bonchev–Trinajstić information content (AvgIpc) is 2.74. The second-order valence-electron chi connectivity index (χ2n) is 7.82. The van der Waals surface area contributed by atoms with Gasteiger partial charge in [0.1, 0.15) is 5.75 Å². The van der Waals surface area contributed by atoms with Gasteiger partial charge in [-0.1, -0.05) is 17.7 Å². The minimum absolute atomic E-state index is 0.123. The number of nitrogens with zero attached hydrogens (tertiary/aromatic N) is 1. The first kappa shape index (κ1) is 25.0. The van der Waals surface area contributed by atoms with Crippen molar-refractivity contribution in [2.75, 3.05) is 25.6 Å². The third-order valence-corrected chi connectivity index (χ3v) is 7.34. The first-order chi connectivity index (χ1) is 15.5. The lowest BCUT2D eigenvalue weighted by Crippen LogP contribution is -2.50. The number of aryl methyl sites for hydroxylation is 1. The van der Waals surface area contributed by atoms with Crippen molar-refractivity contribution in [3.8, 4) is 5.75 Å². The highest BCUT2D eigenvalue weighted by atomic mass is 32.2. The van der Waals surface area contributed by atoms with Crippen molar-refractivity contribution in [2.45, 2.75) is 37.1 Å². The molecule has 2 aromatic rings. The largest absolute Gasteiger partial charge is 0.573 e. The molecule has 1 saturated heterocycles. The molecule has 7 nitrogen and oxygen atoms in total. The second-order valence-corrected chi connectivity index (χ2v) is 9.71. The predicted octanol–water partition coefficient (Wildman–Crippen LogP) is 3.95. The molecule has 0 aromatic heterocycles. The number of amides is 1. The van der Waals surface area contributed by atoms with Crippen molar-refractivity contribution < 1.29 is 35.9 Å². The van der Waals surface area contributed by atoms with Crippen LogP contribution in [0.25, 0.3) is 0 Å². The maximum absolute atomic E-state index is 13.2. The number of halogens is 3. The van der Waals surface area contributed by atoms with Gasteiger partial charge >= 0.3 is 6.36 Å². The summed E-state index contributed by atoms with van der Waals surface area (Å²) < 4.78 is 73.6. The van der Waals surface area contributed by atoms with Crippen LogP contribution in [0.4, 0.5) is 18.9 Å². The summed E-state index contributed by atoms with van der Waals surface area (Å²) in [6.07, 6.45) is -4.25. The zero-order chi connectivity index (χ0) is 24.2. The number of anilines is 1. The number of rotatable bonds is 7. The summed E-state index contributed by atoms with van der Waals surface area (Å²) in [5, 5.41) is 2.67. The molecule has 1 aliphatic heterocycles. The van der Waals surface area contributed by atoms with E-state index in [0.717, 1.165) is 17.7 Å². The van der Waals surface area contributed by atoms with E-state index >= 15 is 0 Å². The minimum Gasteiger partial charge on any atom is -0.406 e. The molecule has 0 aliphatic carbocycles. The molecule has 1 heterocycles. The molecule has 1 N–H and O–H groups in total. The van der Waals surface area contributed by atoms with E-state index in [0.29, 0.717) is 12.1 Å². The van der Waals surface area contributed by atoms with Gasteiger partial charge in [-0.15, -0.1) is 13.2 Å². The number of nitrogens with one attached hydrogen (secondary N) is 1. The quantitative estimate of drug-likeness (QED) is 0.641. The highest BCUT2D eigenvalue weighted by molar-refractivity contribution is 7.89. The number of hydrogen-bond acceptors (Lipinski definition) is 5. The molecule has 0 unspecified atom stereocenters. The summed E-state index contributed by atoms with van der Waals surface area (Å²) in [6.45, 7) is 2.13. The molecule has 0 bridgehead atoms. The van der Waals surface area contributed by atoms with Gasteiger partial charge in [-0.05, 0) is 56.2 Å². The van der Waals surface area contributed by atoms with Crippen molar-refractivity contribution in [1.29, 1.82) is 0 Å². The Morgan fingerprint density at radius 2 is 1.76 bits per heavy atom. The molecule has 11 heteroatoms. The molecule has 0 radical (unpaired) electrons. The van der Waals surface area contributed by atoms with Crippen molar-refractivity contribution in [3.05, 3.63) is 54.1 Å². The summed E-state index contributed by atoms with van der Waals surface area (Å²) in [5.74, 6) is -1.22. The molecule has 1 aliphatic rings. The lowest BCUT2D eigenvalue weighted by Gasteiger charge is -2.37. The van der Waals surface area contributed by atoms with Crippen LogP contribution in [-0.2, 0) is 19.6 Å². The van der Waals surface area contributed by atoms with Crippen LogP contribution in [-0.4, -0.2) is 51.3 Å². The van der Waals surface area contributed by atoms with E-state index in [1.54, 1.807) is 24.3 Å². The van der Waals surface area contributed by atoms with E-state index in [9.17, 15) is 26.4 Å². The number of piperidine rings is 1. The molecule has 2 aromatic carbocycles. The second kappa shape index (κ2) is 10.1. The molecule has 2 atom stereocenters. The van der Waals surface area contributed by atoms with Crippen LogP contribution in [0.2, 0.25) is 0 Å².